The molecule has 0 aliphatic heterocycles. The van der Waals surface area contributed by atoms with Gasteiger partial charge in [0.15, 0.2) is 9.84 Å². The number of rotatable bonds is 3. The van der Waals surface area contributed by atoms with Crippen LogP contribution in [-0.2, 0) is 15.6 Å². The number of hydrogen-bond acceptors (Lipinski definition) is 3. The van der Waals surface area contributed by atoms with E-state index in [0.29, 0.717) is 0 Å². The van der Waals surface area contributed by atoms with Crippen LogP contribution in [0.1, 0.15) is 11.1 Å². The van der Waals surface area contributed by atoms with Gasteiger partial charge in [-0.05, 0) is 48.0 Å². The van der Waals surface area contributed by atoms with Crippen LogP contribution in [0.4, 0.5) is 4.39 Å². The van der Waals surface area contributed by atoms with Crippen molar-refractivity contribution >= 4 is 25.8 Å². The molecule has 2 aromatic carbocycles. The molecule has 0 N–H and O–H groups in total. The fourth-order valence-corrected chi connectivity index (χ4v) is 3.33. The highest BCUT2D eigenvalue weighted by Crippen LogP contribution is 2.20. The average Bonchev–Trinajstić information content (AvgIpc) is 2.37. The van der Waals surface area contributed by atoms with Crippen molar-refractivity contribution in [2.24, 2.45) is 0 Å². The maximum absolute atomic E-state index is 13.3. The normalized spacial score (nSPS) is 11.1. The number of nitriles is 1. The monoisotopic (exact) mass is 353 g/mol. The van der Waals surface area contributed by atoms with Gasteiger partial charge in [0.1, 0.15) is 5.82 Å². The van der Waals surface area contributed by atoms with E-state index < -0.39 is 15.7 Å². The Bertz CT molecular complexity index is 780. The highest BCUT2D eigenvalue weighted by molar-refractivity contribution is 9.10. The van der Waals surface area contributed by atoms with Gasteiger partial charge in [0.25, 0.3) is 0 Å². The molecule has 0 amide bonds. The van der Waals surface area contributed by atoms with Crippen LogP contribution in [0, 0.1) is 17.1 Å². The molecule has 0 spiro atoms. The summed E-state index contributed by atoms with van der Waals surface area (Å²) >= 11 is 3.23. The molecule has 0 saturated heterocycles. The van der Waals surface area contributed by atoms with Crippen LogP contribution < -0.4 is 0 Å². The van der Waals surface area contributed by atoms with Crippen molar-refractivity contribution in [1.29, 1.82) is 5.26 Å². The minimum absolute atomic E-state index is 0.103. The second kappa shape index (κ2) is 5.73. The summed E-state index contributed by atoms with van der Waals surface area (Å²) in [5.74, 6) is -0.966. The summed E-state index contributed by atoms with van der Waals surface area (Å²) in [6.45, 7) is 0. The maximum Gasteiger partial charge on any atom is 0.182 e. The third kappa shape index (κ3) is 3.44. The summed E-state index contributed by atoms with van der Waals surface area (Å²) < 4.78 is 38.5. The van der Waals surface area contributed by atoms with Gasteiger partial charge in [-0.2, -0.15) is 5.26 Å². The van der Waals surface area contributed by atoms with Crippen LogP contribution in [0.25, 0.3) is 0 Å². The molecule has 0 unspecified atom stereocenters. The van der Waals surface area contributed by atoms with E-state index in [9.17, 15) is 12.8 Å². The SMILES string of the molecule is N#Cc1cc(F)cc(CS(=O)(=O)c2ccc(Br)cc2)c1. The zero-order chi connectivity index (χ0) is 14.8. The minimum Gasteiger partial charge on any atom is -0.223 e. The lowest BCUT2D eigenvalue weighted by atomic mass is 10.1. The molecule has 0 aliphatic carbocycles. The Labute approximate surface area is 124 Å². The predicted molar refractivity (Wildman–Crippen MR) is 76.1 cm³/mol. The van der Waals surface area contributed by atoms with E-state index in [-0.39, 0.29) is 21.8 Å². The molecule has 0 radical (unpaired) electrons. The first-order valence-electron chi connectivity index (χ1n) is 5.58. The van der Waals surface area contributed by atoms with E-state index in [1.165, 1.54) is 18.2 Å². The number of sulfone groups is 1. The van der Waals surface area contributed by atoms with Crippen LogP contribution in [0.2, 0.25) is 0 Å². The van der Waals surface area contributed by atoms with Gasteiger partial charge in [-0.3, -0.25) is 0 Å². The van der Waals surface area contributed by atoms with Crippen LogP contribution in [-0.4, -0.2) is 8.42 Å². The smallest absolute Gasteiger partial charge is 0.182 e. The van der Waals surface area contributed by atoms with Gasteiger partial charge in [0.2, 0.25) is 0 Å². The summed E-state index contributed by atoms with van der Waals surface area (Å²) in [7, 11) is -3.57. The maximum atomic E-state index is 13.3. The molecule has 0 aromatic heterocycles. The van der Waals surface area contributed by atoms with Crippen molar-refractivity contribution in [2.75, 3.05) is 0 Å². The van der Waals surface area contributed by atoms with Gasteiger partial charge in [0, 0.05) is 4.47 Å². The molecule has 0 aliphatic rings. The number of benzene rings is 2. The van der Waals surface area contributed by atoms with Gasteiger partial charge in [0.05, 0.1) is 22.3 Å². The number of halogens is 2. The standard InChI is InChI=1S/C14H9BrFNO2S/c15-12-1-3-14(4-2-12)20(18,19)9-11-5-10(8-17)6-13(16)7-11/h1-7H,9H2. The Kier molecular flexibility index (Phi) is 4.21. The van der Waals surface area contributed by atoms with E-state index in [4.69, 9.17) is 5.26 Å². The van der Waals surface area contributed by atoms with E-state index in [1.807, 2.05) is 0 Å². The molecule has 3 nitrogen and oxygen atoms in total. The quantitative estimate of drug-likeness (QED) is 0.849. The second-order valence-corrected chi connectivity index (χ2v) is 7.08. The van der Waals surface area contributed by atoms with Crippen LogP contribution in [0.15, 0.2) is 51.8 Å². The van der Waals surface area contributed by atoms with Gasteiger partial charge < -0.3 is 0 Å². The molecule has 0 saturated carbocycles. The second-order valence-electron chi connectivity index (χ2n) is 4.17. The summed E-state index contributed by atoms with van der Waals surface area (Å²) in [4.78, 5) is 0.156. The molecule has 0 bridgehead atoms. The fraction of sp³-hybridized carbons (Fsp3) is 0.0714. The molecule has 20 heavy (non-hydrogen) atoms. The number of hydrogen-bond donors (Lipinski definition) is 0. The van der Waals surface area contributed by atoms with Crippen molar-refractivity contribution < 1.29 is 12.8 Å². The molecule has 0 heterocycles. The van der Waals surface area contributed by atoms with Crippen molar-refractivity contribution in [3.63, 3.8) is 0 Å². The van der Waals surface area contributed by atoms with Crippen molar-refractivity contribution in [3.8, 4) is 6.07 Å². The third-order valence-corrected chi connectivity index (χ3v) is 4.85. The average molecular weight is 354 g/mol. The third-order valence-electron chi connectivity index (χ3n) is 2.62. The minimum atomic E-state index is -3.57. The highest BCUT2D eigenvalue weighted by Gasteiger charge is 2.16. The Balaban J connectivity index is 2.36. The first-order valence-corrected chi connectivity index (χ1v) is 8.03. The molecular formula is C14H9BrFNO2S. The Morgan fingerprint density at radius 3 is 2.40 bits per heavy atom. The highest BCUT2D eigenvalue weighted by atomic mass is 79.9. The molecular weight excluding hydrogens is 345 g/mol. The summed E-state index contributed by atoms with van der Waals surface area (Å²) in [5.41, 5.74) is 0.357. The van der Waals surface area contributed by atoms with E-state index in [2.05, 4.69) is 15.9 Å². The predicted octanol–water partition coefficient (Wildman–Crippen LogP) is 3.43. The first-order chi connectivity index (χ1) is 9.40. The largest absolute Gasteiger partial charge is 0.223 e. The van der Waals surface area contributed by atoms with Gasteiger partial charge in [-0.1, -0.05) is 15.9 Å². The lowest BCUT2D eigenvalue weighted by molar-refractivity contribution is 0.594. The van der Waals surface area contributed by atoms with Crippen molar-refractivity contribution in [2.45, 2.75) is 10.6 Å². The van der Waals surface area contributed by atoms with Gasteiger partial charge >= 0.3 is 0 Å². The van der Waals surface area contributed by atoms with Gasteiger partial charge in [-0.15, -0.1) is 0 Å². The van der Waals surface area contributed by atoms with Crippen LogP contribution >= 0.6 is 15.9 Å². The zero-order valence-corrected chi connectivity index (χ0v) is 12.6. The zero-order valence-electron chi connectivity index (χ0n) is 10.2. The molecule has 2 rings (SSSR count). The van der Waals surface area contributed by atoms with Crippen molar-refractivity contribution in [3.05, 3.63) is 63.9 Å². The Morgan fingerprint density at radius 1 is 1.15 bits per heavy atom. The first kappa shape index (κ1) is 14.7. The topological polar surface area (TPSA) is 57.9 Å². The Hall–Kier alpha value is -1.71. The molecule has 0 atom stereocenters. The Morgan fingerprint density at radius 2 is 1.80 bits per heavy atom. The summed E-state index contributed by atoms with van der Waals surface area (Å²) in [6, 6.07) is 11.6. The molecule has 0 fully saturated rings. The molecule has 102 valence electrons. The lowest BCUT2D eigenvalue weighted by Crippen LogP contribution is -2.05. The van der Waals surface area contributed by atoms with Gasteiger partial charge in [-0.25, -0.2) is 12.8 Å². The fourth-order valence-electron chi connectivity index (χ4n) is 1.74. The number of nitrogens with zero attached hydrogens (tertiary/aromatic N) is 1. The van der Waals surface area contributed by atoms with Crippen molar-refractivity contribution in [1.82, 2.24) is 0 Å². The molecule has 2 aromatic rings. The van der Waals surface area contributed by atoms with Crippen LogP contribution in [0.3, 0.4) is 0 Å². The van der Waals surface area contributed by atoms with E-state index in [0.717, 1.165) is 16.6 Å². The molecule has 6 heteroatoms. The van der Waals surface area contributed by atoms with Crippen LogP contribution in [0.5, 0.6) is 0 Å². The lowest BCUT2D eigenvalue weighted by Gasteiger charge is -2.05. The van der Waals surface area contributed by atoms with E-state index >= 15 is 0 Å². The summed E-state index contributed by atoms with van der Waals surface area (Å²) in [6.07, 6.45) is 0. The summed E-state index contributed by atoms with van der Waals surface area (Å²) in [5, 5.41) is 8.76. The van der Waals surface area contributed by atoms with E-state index in [1.54, 1.807) is 18.2 Å².